The molecule has 9 amide bonds. The quantitative estimate of drug-likeness (QED) is 0.0161. The van der Waals surface area contributed by atoms with Gasteiger partial charge in [-0.25, -0.2) is 4.79 Å². The van der Waals surface area contributed by atoms with Crippen molar-refractivity contribution in [2.45, 2.75) is 172 Å². The Hall–Kier alpha value is -7.17. The zero-order chi connectivity index (χ0) is 56.4. The van der Waals surface area contributed by atoms with Crippen LogP contribution in [-0.2, 0) is 57.5 Å². The zero-order valence-electron chi connectivity index (χ0n) is 42.7. The maximum Gasteiger partial charge on any atom is 0.326 e. The van der Waals surface area contributed by atoms with Crippen molar-refractivity contribution in [3.63, 3.8) is 0 Å². The SMILES string of the molecule is CC(C)[C@H](N)C(=O)N[C@H](C(=O)N1CCC[C@H]1C(=O)N[C@@H](CCC(=O)O)C(=O)N[C@@H](C)C(=O)N[C@@H](CCC(N)=O)C(=O)N[C@@H](CCCCN)C(=O)N[C@@H](CCCN=C(N)N)C(=O)N[C@@H](CCC(=O)O)C(=O)O)C(C)C. The summed E-state index contributed by atoms with van der Waals surface area (Å²) in [7, 11) is 0. The van der Waals surface area contributed by atoms with Gasteiger partial charge in [-0.2, -0.15) is 0 Å². The van der Waals surface area contributed by atoms with Gasteiger partial charge in [0, 0.05) is 32.4 Å². The number of hydrogen-bond donors (Lipinski definition) is 15. The van der Waals surface area contributed by atoms with Gasteiger partial charge < -0.3 is 86.1 Å². The van der Waals surface area contributed by atoms with Crippen LogP contribution in [0.15, 0.2) is 4.99 Å². The van der Waals surface area contributed by atoms with Gasteiger partial charge in [0.15, 0.2) is 5.96 Å². The van der Waals surface area contributed by atoms with E-state index in [1.165, 1.54) is 11.8 Å². The van der Waals surface area contributed by atoms with Gasteiger partial charge in [-0.15, -0.1) is 0 Å². The summed E-state index contributed by atoms with van der Waals surface area (Å²) < 4.78 is 0. The Balaban J connectivity index is 3.38. The second-order valence-corrected chi connectivity index (χ2v) is 18.7. The van der Waals surface area contributed by atoms with Gasteiger partial charge >= 0.3 is 17.9 Å². The molecule has 418 valence electrons. The number of rotatable bonds is 35. The summed E-state index contributed by atoms with van der Waals surface area (Å²) in [6, 6.07) is -12.3. The lowest BCUT2D eigenvalue weighted by atomic mass is 9.99. The molecule has 0 aliphatic carbocycles. The predicted molar refractivity (Wildman–Crippen MR) is 264 cm³/mol. The zero-order valence-corrected chi connectivity index (χ0v) is 42.7. The average Bonchev–Trinajstić information content (AvgIpc) is 3.82. The van der Waals surface area contributed by atoms with Crippen LogP contribution in [-0.4, -0.2) is 171 Å². The Morgan fingerprint density at radius 2 is 1.04 bits per heavy atom. The maximum absolute atomic E-state index is 13.9. The molecule has 1 aliphatic rings. The minimum absolute atomic E-state index is 0.0175. The molecule has 20 N–H and O–H groups in total. The molecule has 29 heteroatoms. The summed E-state index contributed by atoms with van der Waals surface area (Å²) in [6.45, 7) is 8.37. The number of amides is 9. The van der Waals surface area contributed by atoms with Crippen LogP contribution in [0.25, 0.3) is 0 Å². The van der Waals surface area contributed by atoms with Crippen molar-refractivity contribution in [3.8, 4) is 0 Å². The summed E-state index contributed by atoms with van der Waals surface area (Å²) in [4.78, 5) is 161. The van der Waals surface area contributed by atoms with E-state index in [1.807, 2.05) is 0 Å². The van der Waals surface area contributed by atoms with E-state index in [4.69, 9.17) is 33.8 Å². The molecule has 0 aromatic carbocycles. The fraction of sp³-hybridized carbons (Fsp3) is 0.711. The molecule has 74 heavy (non-hydrogen) atoms. The van der Waals surface area contributed by atoms with Crippen LogP contribution in [0.4, 0.5) is 0 Å². The molecule has 0 aromatic heterocycles. The minimum Gasteiger partial charge on any atom is -0.481 e. The molecule has 1 saturated heterocycles. The minimum atomic E-state index is -1.66. The van der Waals surface area contributed by atoms with Crippen LogP contribution in [0.1, 0.15) is 118 Å². The number of aliphatic carboxylic acids is 3. The lowest BCUT2D eigenvalue weighted by molar-refractivity contribution is -0.144. The number of nitrogens with two attached hydrogens (primary N) is 5. The van der Waals surface area contributed by atoms with Gasteiger partial charge in [0.05, 0.1) is 6.04 Å². The third kappa shape index (κ3) is 23.6. The third-order valence-electron chi connectivity index (χ3n) is 11.9. The molecule has 1 rings (SSSR count). The third-order valence-corrected chi connectivity index (χ3v) is 11.9. The number of nitrogens with zero attached hydrogens (tertiary/aromatic N) is 2. The van der Waals surface area contributed by atoms with E-state index in [0.717, 1.165) is 0 Å². The number of carbonyl (C=O) groups is 12. The second-order valence-electron chi connectivity index (χ2n) is 18.7. The molecule has 0 spiro atoms. The Kier molecular flexibility index (Phi) is 28.8. The molecule has 0 saturated carbocycles. The van der Waals surface area contributed by atoms with E-state index in [1.54, 1.807) is 27.7 Å². The lowest BCUT2D eigenvalue weighted by Crippen LogP contribution is -2.60. The molecular weight excluding hydrogens is 977 g/mol. The summed E-state index contributed by atoms with van der Waals surface area (Å²) >= 11 is 0. The van der Waals surface area contributed by atoms with Gasteiger partial charge in [0.2, 0.25) is 53.2 Å². The fourth-order valence-corrected chi connectivity index (χ4v) is 7.46. The highest BCUT2D eigenvalue weighted by Gasteiger charge is 2.41. The molecule has 0 radical (unpaired) electrons. The number of carboxylic acids is 3. The maximum atomic E-state index is 13.9. The van der Waals surface area contributed by atoms with Crippen molar-refractivity contribution < 1.29 is 72.9 Å². The fourth-order valence-electron chi connectivity index (χ4n) is 7.46. The van der Waals surface area contributed by atoms with E-state index in [9.17, 15) is 67.7 Å². The van der Waals surface area contributed by atoms with Crippen molar-refractivity contribution in [2.75, 3.05) is 19.6 Å². The number of primary amides is 1. The standard InChI is InChI=1S/C45H78N14O15/c1-22(2)34(48)42(71)58-35(23(3)4)43(72)59-21-9-12-30(59)41(70)56-28(14-17-32(61)62)37(66)52-24(5)36(65)53-27(13-16-31(47)60)40(69)54-25(10-6-7-19-46)38(67)55-26(11-8-20-51-45(49)50)39(68)57-29(44(73)74)15-18-33(63)64/h22-30,34-35H,6-21,46,48H2,1-5H3,(H2,47,60)(H,52,66)(H,53,65)(H,54,69)(H,55,67)(H,56,70)(H,57,68)(H,58,71)(H,61,62)(H,63,64)(H,73,74)(H4,49,50,51)/t24-,25-,26-,27-,28-,29-,30-,34-,35-/m0/s1. The van der Waals surface area contributed by atoms with E-state index < -0.39 is 170 Å². The highest BCUT2D eigenvalue weighted by molar-refractivity contribution is 5.98. The number of carboxylic acid groups (broad SMARTS) is 3. The van der Waals surface area contributed by atoms with Crippen LogP contribution in [0, 0.1) is 11.8 Å². The molecule has 0 bridgehead atoms. The number of carbonyl (C=O) groups excluding carboxylic acids is 9. The van der Waals surface area contributed by atoms with E-state index in [0.29, 0.717) is 12.8 Å². The first-order valence-corrected chi connectivity index (χ1v) is 24.5. The molecular formula is C45H78N14O15. The molecule has 29 nitrogen and oxygen atoms in total. The van der Waals surface area contributed by atoms with Crippen molar-refractivity contribution >= 4 is 77.0 Å². The first kappa shape index (κ1) is 64.8. The highest BCUT2D eigenvalue weighted by Crippen LogP contribution is 2.21. The van der Waals surface area contributed by atoms with E-state index >= 15 is 0 Å². The summed E-state index contributed by atoms with van der Waals surface area (Å²) in [5.41, 5.74) is 27.8. The van der Waals surface area contributed by atoms with Gasteiger partial charge in [-0.3, -0.25) is 57.7 Å². The summed E-state index contributed by atoms with van der Waals surface area (Å²) in [5, 5.41) is 45.3. The summed E-state index contributed by atoms with van der Waals surface area (Å²) in [5.74, 6) is -13.0. The van der Waals surface area contributed by atoms with E-state index in [2.05, 4.69) is 42.2 Å². The van der Waals surface area contributed by atoms with Crippen molar-refractivity contribution in [1.29, 1.82) is 0 Å². The molecule has 1 heterocycles. The van der Waals surface area contributed by atoms with Crippen molar-refractivity contribution in [3.05, 3.63) is 0 Å². The molecule has 1 fully saturated rings. The number of guanidine groups is 1. The smallest absolute Gasteiger partial charge is 0.326 e. The number of hydrogen-bond acceptors (Lipinski definition) is 15. The van der Waals surface area contributed by atoms with Gasteiger partial charge in [-0.05, 0) is 89.5 Å². The number of unbranched alkanes of at least 4 members (excludes halogenated alkanes) is 1. The van der Waals surface area contributed by atoms with Crippen molar-refractivity contribution in [2.24, 2.45) is 45.5 Å². The van der Waals surface area contributed by atoms with Crippen LogP contribution >= 0.6 is 0 Å². The second kappa shape index (κ2) is 32.8. The average molecular weight is 1060 g/mol. The molecule has 0 unspecified atom stereocenters. The Bertz CT molecular complexity index is 2020. The van der Waals surface area contributed by atoms with E-state index in [-0.39, 0.29) is 63.6 Å². The monoisotopic (exact) mass is 1050 g/mol. The largest absolute Gasteiger partial charge is 0.481 e. The number of nitrogens with one attached hydrogen (secondary N) is 7. The first-order chi connectivity index (χ1) is 34.6. The molecule has 9 atom stereocenters. The van der Waals surface area contributed by atoms with Crippen LogP contribution in [0.5, 0.6) is 0 Å². The Labute approximate surface area is 428 Å². The normalized spacial score (nSPS) is 16.4. The Morgan fingerprint density at radius 3 is 1.53 bits per heavy atom. The first-order valence-electron chi connectivity index (χ1n) is 24.5. The van der Waals surface area contributed by atoms with Crippen molar-refractivity contribution in [1.82, 2.24) is 42.1 Å². The Morgan fingerprint density at radius 1 is 0.568 bits per heavy atom. The van der Waals surface area contributed by atoms with Crippen LogP contribution in [0.3, 0.4) is 0 Å². The molecule has 0 aromatic rings. The van der Waals surface area contributed by atoms with Crippen LogP contribution in [0.2, 0.25) is 0 Å². The number of aliphatic imine (C=N–C) groups is 1. The predicted octanol–water partition coefficient (Wildman–Crippen LogP) is -4.71. The summed E-state index contributed by atoms with van der Waals surface area (Å²) in [6.07, 6.45) is -2.09. The topological polar surface area (TPSA) is 495 Å². The van der Waals surface area contributed by atoms with Gasteiger partial charge in [-0.1, -0.05) is 27.7 Å². The molecule has 1 aliphatic heterocycles. The number of likely N-dealkylation sites (tertiary alicyclic amines) is 1. The van der Waals surface area contributed by atoms with Gasteiger partial charge in [0.25, 0.3) is 0 Å². The van der Waals surface area contributed by atoms with Crippen LogP contribution < -0.4 is 65.9 Å². The lowest BCUT2D eigenvalue weighted by Gasteiger charge is -2.32. The van der Waals surface area contributed by atoms with Gasteiger partial charge in [0.1, 0.15) is 48.3 Å². The highest BCUT2D eigenvalue weighted by atomic mass is 16.4.